The van der Waals surface area contributed by atoms with Crippen LogP contribution in [0.15, 0.2) is 18.7 Å². The van der Waals surface area contributed by atoms with E-state index in [0.717, 1.165) is 0 Å². The van der Waals surface area contributed by atoms with E-state index in [2.05, 4.69) is 9.97 Å². The topological polar surface area (TPSA) is 28.7 Å². The molecule has 0 aromatic carbocycles. The number of rotatable bonds is 0. The average molecular weight is 126 g/mol. The summed E-state index contributed by atoms with van der Waals surface area (Å²) in [6, 6.07) is 0. The van der Waals surface area contributed by atoms with Crippen molar-refractivity contribution in [2.75, 3.05) is 0 Å². The summed E-state index contributed by atoms with van der Waals surface area (Å²) >= 11 is 0. The normalized spacial score (nSPS) is 5.71. The molecule has 0 spiro atoms. The van der Waals surface area contributed by atoms with Gasteiger partial charge in [-0.05, 0) is 0 Å². The molecule has 7 heavy (non-hydrogen) atoms. The van der Waals surface area contributed by atoms with E-state index in [1.165, 1.54) is 0 Å². The molecule has 0 atom stereocenters. The van der Waals surface area contributed by atoms with Crippen LogP contribution in [0.1, 0.15) is 0 Å². The number of hydrogen-bond acceptors (Lipinski definition) is 1. The van der Waals surface area contributed by atoms with Crippen LogP contribution < -0.4 is 56.1 Å². The molecule has 0 aliphatic rings. The minimum Gasteiger partial charge on any atom is -1.00 e. The van der Waals surface area contributed by atoms with Crippen LogP contribution in [0.3, 0.4) is 0 Å². The molecular formula is C3H4FKN2. The van der Waals surface area contributed by atoms with Crippen LogP contribution in [0.25, 0.3) is 0 Å². The van der Waals surface area contributed by atoms with Gasteiger partial charge >= 0.3 is 51.4 Å². The summed E-state index contributed by atoms with van der Waals surface area (Å²) in [6.07, 6.45) is 5.08. The molecule has 2 nitrogen and oxygen atoms in total. The maximum absolute atomic E-state index is 3.67. The first-order valence-corrected chi connectivity index (χ1v) is 1.43. The van der Waals surface area contributed by atoms with Gasteiger partial charge in [-0.25, -0.2) is 4.98 Å². The van der Waals surface area contributed by atoms with Crippen molar-refractivity contribution in [1.29, 1.82) is 0 Å². The predicted octanol–water partition coefficient (Wildman–Crippen LogP) is -5.58. The zero-order valence-electron chi connectivity index (χ0n) is 4.06. The molecule has 0 amide bonds. The van der Waals surface area contributed by atoms with Crippen LogP contribution in [0.5, 0.6) is 0 Å². The molecule has 0 radical (unpaired) electrons. The quantitative estimate of drug-likeness (QED) is 0.345. The number of aromatic amines is 1. The van der Waals surface area contributed by atoms with E-state index >= 15 is 0 Å². The summed E-state index contributed by atoms with van der Waals surface area (Å²) in [7, 11) is 0. The predicted molar refractivity (Wildman–Crippen MR) is 18.6 cm³/mol. The molecule has 0 saturated heterocycles. The van der Waals surface area contributed by atoms with Crippen LogP contribution in [0.4, 0.5) is 0 Å². The Morgan fingerprint density at radius 1 is 1.43 bits per heavy atom. The maximum Gasteiger partial charge on any atom is 1.00 e. The van der Waals surface area contributed by atoms with Crippen molar-refractivity contribution in [2.45, 2.75) is 0 Å². The van der Waals surface area contributed by atoms with Gasteiger partial charge in [-0.2, -0.15) is 0 Å². The summed E-state index contributed by atoms with van der Waals surface area (Å²) in [6.45, 7) is 0. The molecule has 0 unspecified atom stereocenters. The minimum atomic E-state index is 0. The van der Waals surface area contributed by atoms with Crippen LogP contribution in [-0.4, -0.2) is 9.97 Å². The second-order valence-corrected chi connectivity index (χ2v) is 0.761. The van der Waals surface area contributed by atoms with Crippen molar-refractivity contribution >= 4 is 0 Å². The fraction of sp³-hybridized carbons (Fsp3) is 0. The number of nitrogens with one attached hydrogen (secondary N) is 1. The number of H-pyrrole nitrogens is 1. The van der Waals surface area contributed by atoms with Crippen molar-refractivity contribution in [3.05, 3.63) is 18.7 Å². The van der Waals surface area contributed by atoms with Gasteiger partial charge in [0, 0.05) is 12.4 Å². The Kier molecular flexibility index (Phi) is 10.4. The number of nitrogens with zero attached hydrogens (tertiary/aromatic N) is 1. The van der Waals surface area contributed by atoms with Crippen LogP contribution >= 0.6 is 0 Å². The largest absolute Gasteiger partial charge is 1.00 e. The molecule has 0 fully saturated rings. The molecular weight excluding hydrogens is 122 g/mol. The SMILES string of the molecule is [F-].[K+].c1c[nH]cn1. The first-order chi connectivity index (χ1) is 2.50. The third kappa shape index (κ3) is 4.63. The monoisotopic (exact) mass is 126 g/mol. The molecule has 0 bridgehead atoms. The zero-order valence-corrected chi connectivity index (χ0v) is 7.18. The van der Waals surface area contributed by atoms with Crippen molar-refractivity contribution in [3.8, 4) is 0 Å². The van der Waals surface area contributed by atoms with Gasteiger partial charge in [0.2, 0.25) is 0 Å². The molecule has 1 aromatic rings. The number of hydrogen-bond donors (Lipinski definition) is 1. The van der Waals surface area contributed by atoms with E-state index in [1.54, 1.807) is 18.7 Å². The van der Waals surface area contributed by atoms with Gasteiger partial charge in [-0.1, -0.05) is 0 Å². The van der Waals surface area contributed by atoms with Crippen molar-refractivity contribution < 1.29 is 56.1 Å². The van der Waals surface area contributed by atoms with Gasteiger partial charge in [-0.3, -0.25) is 0 Å². The number of halogens is 1. The number of aromatic nitrogens is 2. The van der Waals surface area contributed by atoms with E-state index in [4.69, 9.17) is 0 Å². The molecule has 1 heterocycles. The molecule has 0 aliphatic heterocycles. The fourth-order valence-corrected chi connectivity index (χ4v) is 0.215. The molecule has 1 rings (SSSR count). The van der Waals surface area contributed by atoms with Crippen LogP contribution in [-0.2, 0) is 0 Å². The Labute approximate surface area is 83.5 Å². The van der Waals surface area contributed by atoms with Gasteiger partial charge in [0.25, 0.3) is 0 Å². The van der Waals surface area contributed by atoms with Gasteiger partial charge in [0.05, 0.1) is 6.33 Å². The third-order valence-electron chi connectivity index (χ3n) is 0.406. The van der Waals surface area contributed by atoms with E-state index in [9.17, 15) is 0 Å². The van der Waals surface area contributed by atoms with Crippen LogP contribution in [0.2, 0.25) is 0 Å². The molecule has 4 heteroatoms. The van der Waals surface area contributed by atoms with Crippen molar-refractivity contribution in [2.24, 2.45) is 0 Å². The van der Waals surface area contributed by atoms with Gasteiger partial charge < -0.3 is 9.69 Å². The molecule has 0 saturated carbocycles. The average Bonchev–Trinajstić information content (AvgIpc) is 1.76. The van der Waals surface area contributed by atoms with Gasteiger partial charge in [0.1, 0.15) is 0 Å². The van der Waals surface area contributed by atoms with E-state index in [1.807, 2.05) is 0 Å². The van der Waals surface area contributed by atoms with E-state index in [0.29, 0.717) is 0 Å². The Balaban J connectivity index is 0. The molecule has 1 N–H and O–H groups in total. The van der Waals surface area contributed by atoms with Gasteiger partial charge in [0.15, 0.2) is 0 Å². The second kappa shape index (κ2) is 6.78. The summed E-state index contributed by atoms with van der Waals surface area (Å²) < 4.78 is 0. The summed E-state index contributed by atoms with van der Waals surface area (Å²) in [5, 5.41) is 0. The minimum absolute atomic E-state index is 0. The molecule has 1 aromatic heterocycles. The standard InChI is InChI=1S/C3H4N2.FH.K/c1-2-5-3-4-1;;/h1-3H,(H,4,5);1H;/q;;+1/p-1. The molecule has 0 aliphatic carbocycles. The first kappa shape index (κ1) is 10.7. The first-order valence-electron chi connectivity index (χ1n) is 1.43. The Bertz CT molecular complexity index is 69.4. The Morgan fingerprint density at radius 2 is 2.14 bits per heavy atom. The van der Waals surface area contributed by atoms with E-state index < -0.39 is 0 Å². The number of imidazole rings is 1. The maximum atomic E-state index is 3.67. The van der Waals surface area contributed by atoms with E-state index in [-0.39, 0.29) is 56.1 Å². The van der Waals surface area contributed by atoms with Crippen LogP contribution in [0, 0.1) is 0 Å². The Hall–Kier alpha value is 0.776. The van der Waals surface area contributed by atoms with Gasteiger partial charge in [-0.15, -0.1) is 0 Å². The molecule has 34 valence electrons. The fourth-order valence-electron chi connectivity index (χ4n) is 0.215. The van der Waals surface area contributed by atoms with Crippen molar-refractivity contribution in [3.63, 3.8) is 0 Å². The Morgan fingerprint density at radius 3 is 2.29 bits per heavy atom. The second-order valence-electron chi connectivity index (χ2n) is 0.761. The third-order valence-corrected chi connectivity index (χ3v) is 0.406. The summed E-state index contributed by atoms with van der Waals surface area (Å²) in [5.41, 5.74) is 0. The zero-order chi connectivity index (χ0) is 3.54. The summed E-state index contributed by atoms with van der Waals surface area (Å²) in [4.78, 5) is 6.42. The smallest absolute Gasteiger partial charge is 1.00 e. The summed E-state index contributed by atoms with van der Waals surface area (Å²) in [5.74, 6) is 0. The van der Waals surface area contributed by atoms with Crippen molar-refractivity contribution in [1.82, 2.24) is 9.97 Å².